The SMILES string of the molecule is C=C(F)C(=O)OCOc1ccc(-c2ccc(OCOc3ccc(OCOc4cc(-c5c(OCOc6ccc(OCOc7ccc(-c8ccc(OCOC(=O)C(=C)F)cc8)cc7)cc6)ccc6cc(C)ccc56)c5ccc(C)cc5c4)cc3)cc2)cc1. The lowest BCUT2D eigenvalue weighted by atomic mass is 9.91. The van der Waals surface area contributed by atoms with Crippen molar-refractivity contribution in [2.75, 3.05) is 40.8 Å². The van der Waals surface area contributed by atoms with Crippen molar-refractivity contribution in [3.8, 4) is 90.9 Å². The molecule has 0 unspecified atom stereocenters. The summed E-state index contributed by atoms with van der Waals surface area (Å²) in [6.07, 6.45) is 0. The Bertz CT molecular complexity index is 3980. The fourth-order valence-corrected chi connectivity index (χ4v) is 8.93. The monoisotopic (exact) mass is 1160 g/mol. The van der Waals surface area contributed by atoms with Gasteiger partial charge in [-0.1, -0.05) is 115 Å². The largest absolute Gasteiger partial charge is 0.458 e. The highest BCUT2D eigenvalue weighted by Crippen LogP contribution is 2.43. The average molecular weight is 1160 g/mol. The first-order valence-electron chi connectivity index (χ1n) is 26.9. The predicted molar refractivity (Wildman–Crippen MR) is 321 cm³/mol. The van der Waals surface area contributed by atoms with E-state index in [0.29, 0.717) is 57.5 Å². The van der Waals surface area contributed by atoms with Crippen molar-refractivity contribution in [2.45, 2.75) is 13.8 Å². The van der Waals surface area contributed by atoms with Crippen molar-refractivity contribution in [1.82, 2.24) is 0 Å². The number of carbonyl (C=O) groups excluding carboxylic acids is 2. The Hall–Kier alpha value is -11.0. The normalized spacial score (nSPS) is 10.8. The van der Waals surface area contributed by atoms with Crippen LogP contribution in [0.25, 0.3) is 54.9 Å². The molecule has 0 aromatic heterocycles. The van der Waals surface area contributed by atoms with Gasteiger partial charge in [0.25, 0.3) is 0 Å². The van der Waals surface area contributed by atoms with Gasteiger partial charge in [0.2, 0.25) is 52.4 Å². The van der Waals surface area contributed by atoms with Crippen LogP contribution in [0, 0.1) is 13.8 Å². The number of aryl methyl sites for hydroxylation is 2. The van der Waals surface area contributed by atoms with E-state index < -0.39 is 37.2 Å². The predicted octanol–water partition coefficient (Wildman–Crippen LogP) is 16.0. The number of benzene rings is 10. The van der Waals surface area contributed by atoms with Crippen molar-refractivity contribution in [3.63, 3.8) is 0 Å². The summed E-state index contributed by atoms with van der Waals surface area (Å²) in [5.41, 5.74) is 7.74. The van der Waals surface area contributed by atoms with Crippen LogP contribution in [0.3, 0.4) is 0 Å². The van der Waals surface area contributed by atoms with E-state index in [1.54, 1.807) is 72.8 Å². The number of fused-ring (bicyclic) bond motifs is 2. The summed E-state index contributed by atoms with van der Waals surface area (Å²) in [4.78, 5) is 22.4. The third-order valence-electron chi connectivity index (χ3n) is 13.3. The minimum Gasteiger partial charge on any atom is -0.458 e. The molecular weight excluding hydrogens is 1100 g/mol. The number of rotatable bonds is 27. The first-order valence-corrected chi connectivity index (χ1v) is 26.9. The maximum atomic E-state index is 12.8. The molecule has 10 rings (SSSR count). The Kier molecular flexibility index (Phi) is 18.8. The lowest BCUT2D eigenvalue weighted by Crippen LogP contribution is -2.10. The lowest BCUT2D eigenvalue weighted by Gasteiger charge is -2.19. The van der Waals surface area contributed by atoms with Crippen LogP contribution in [0.5, 0.6) is 57.5 Å². The van der Waals surface area contributed by atoms with Crippen LogP contribution >= 0.6 is 0 Å². The van der Waals surface area contributed by atoms with Crippen molar-refractivity contribution < 1.29 is 75.2 Å². The van der Waals surface area contributed by atoms with Crippen LogP contribution in [0.15, 0.2) is 231 Å². The number of hydrogen-bond acceptors (Lipinski definition) is 14. The van der Waals surface area contributed by atoms with Crippen molar-refractivity contribution in [2.24, 2.45) is 0 Å². The molecule has 16 heteroatoms. The highest BCUT2D eigenvalue weighted by atomic mass is 19.1. The molecule has 0 amide bonds. The van der Waals surface area contributed by atoms with Gasteiger partial charge in [-0.2, -0.15) is 8.78 Å². The van der Waals surface area contributed by atoms with Gasteiger partial charge in [0.1, 0.15) is 57.5 Å². The Labute approximate surface area is 494 Å². The third-order valence-corrected chi connectivity index (χ3v) is 13.3. The van der Waals surface area contributed by atoms with Crippen LogP contribution in [0.1, 0.15) is 11.1 Å². The van der Waals surface area contributed by atoms with Gasteiger partial charge in [0.15, 0.2) is 0 Å². The van der Waals surface area contributed by atoms with Crippen LogP contribution in [-0.2, 0) is 19.1 Å². The van der Waals surface area contributed by atoms with E-state index in [1.165, 1.54) is 0 Å². The molecule has 0 bridgehead atoms. The summed E-state index contributed by atoms with van der Waals surface area (Å²) in [5, 5.41) is 4.05. The van der Waals surface area contributed by atoms with E-state index in [0.717, 1.165) is 66.1 Å². The molecule has 0 aliphatic carbocycles. The molecule has 10 aromatic rings. The smallest absolute Gasteiger partial charge is 0.369 e. The van der Waals surface area contributed by atoms with Gasteiger partial charge >= 0.3 is 11.9 Å². The Morgan fingerprint density at radius 2 is 0.640 bits per heavy atom. The van der Waals surface area contributed by atoms with E-state index in [2.05, 4.69) is 72.9 Å². The second-order valence-electron chi connectivity index (χ2n) is 19.2. The summed E-state index contributed by atoms with van der Waals surface area (Å²) in [7, 11) is 0. The highest BCUT2D eigenvalue weighted by Gasteiger charge is 2.18. The zero-order valence-corrected chi connectivity index (χ0v) is 46.8. The fourth-order valence-electron chi connectivity index (χ4n) is 8.93. The molecule has 0 spiro atoms. The van der Waals surface area contributed by atoms with E-state index in [4.69, 9.17) is 47.4 Å². The molecule has 14 nitrogen and oxygen atoms in total. The Balaban J connectivity index is 0.711. The highest BCUT2D eigenvalue weighted by molar-refractivity contribution is 6.08. The molecular formula is C70H56F2O14. The minimum absolute atomic E-state index is 0.0241. The molecule has 0 fully saturated rings. The maximum absolute atomic E-state index is 12.8. The molecule has 0 saturated heterocycles. The molecule has 0 radical (unpaired) electrons. The van der Waals surface area contributed by atoms with E-state index in [9.17, 15) is 18.4 Å². The summed E-state index contributed by atoms with van der Waals surface area (Å²) >= 11 is 0. The van der Waals surface area contributed by atoms with Crippen molar-refractivity contribution in [1.29, 1.82) is 0 Å². The van der Waals surface area contributed by atoms with E-state index in [-0.39, 0.29) is 27.2 Å². The van der Waals surface area contributed by atoms with Crippen LogP contribution in [0.2, 0.25) is 0 Å². The van der Waals surface area contributed by atoms with Crippen molar-refractivity contribution >= 4 is 33.5 Å². The minimum atomic E-state index is -1.19. The quantitative estimate of drug-likeness (QED) is 0.0273. The van der Waals surface area contributed by atoms with Gasteiger partial charge in [-0.3, -0.25) is 0 Å². The number of hydrogen-bond donors (Lipinski definition) is 0. The Morgan fingerprint density at radius 1 is 0.326 bits per heavy atom. The molecule has 0 heterocycles. The second-order valence-corrected chi connectivity index (χ2v) is 19.2. The second kappa shape index (κ2) is 27.8. The van der Waals surface area contributed by atoms with Gasteiger partial charge < -0.3 is 56.8 Å². The Morgan fingerprint density at radius 3 is 1.01 bits per heavy atom. The summed E-state index contributed by atoms with van der Waals surface area (Å²) in [6, 6.07) is 64.3. The van der Waals surface area contributed by atoms with Gasteiger partial charge in [-0.15, -0.1) is 0 Å². The zero-order chi connectivity index (χ0) is 59.8. The average Bonchev–Trinajstić information content (AvgIpc) is 1.50. The molecule has 86 heavy (non-hydrogen) atoms. The summed E-state index contributed by atoms with van der Waals surface area (Å²) in [5.74, 6) is 0.970. The van der Waals surface area contributed by atoms with E-state index >= 15 is 0 Å². The molecule has 0 aliphatic rings. The van der Waals surface area contributed by atoms with Gasteiger partial charge in [-0.05, 0) is 178 Å². The fraction of sp³-hybridized carbons (Fsp3) is 0.114. The first-order chi connectivity index (χ1) is 41.9. The number of esters is 2. The number of carbonyl (C=O) groups is 2. The molecule has 0 N–H and O–H groups in total. The summed E-state index contributed by atoms with van der Waals surface area (Å²) < 4.78 is 93.9. The lowest BCUT2D eigenvalue weighted by molar-refractivity contribution is -0.148. The molecule has 0 saturated carbocycles. The van der Waals surface area contributed by atoms with Crippen molar-refractivity contribution in [3.05, 3.63) is 242 Å². The third kappa shape index (κ3) is 15.6. The zero-order valence-electron chi connectivity index (χ0n) is 46.8. The van der Waals surface area contributed by atoms with Gasteiger partial charge in [0.05, 0.1) is 0 Å². The maximum Gasteiger partial charge on any atom is 0.369 e. The molecule has 10 aromatic carbocycles. The van der Waals surface area contributed by atoms with Crippen LogP contribution in [-0.4, -0.2) is 52.7 Å². The standard InChI is InChI=1S/C70H56F2O14/c1-45-6-33-65-53(35-45)15-34-67(84-42-80-62-30-28-60(29-31-62)78-40-76-56-18-9-50(10-19-56)52-13-22-58(23-14-52)82-44-86-70(74)48(4)72)68(65)66-38-63(37-54-36-46(2)5-32-64(54)66)83-41-79-61-26-24-59(25-27-61)77-39-75-55-16-7-49(8-17-55)51-11-20-57(21-12-51)81-43-85-69(73)47(3)71/h5-38H,3-4,39-44H2,1-2H3. The van der Waals surface area contributed by atoms with Gasteiger partial charge in [0, 0.05) is 5.56 Å². The van der Waals surface area contributed by atoms with Crippen LogP contribution < -0.4 is 47.4 Å². The van der Waals surface area contributed by atoms with Crippen LogP contribution in [0.4, 0.5) is 8.78 Å². The number of halogens is 2. The molecule has 434 valence electrons. The van der Waals surface area contributed by atoms with Gasteiger partial charge in [-0.25, -0.2) is 9.59 Å². The number of ether oxygens (including phenoxy) is 12. The van der Waals surface area contributed by atoms with E-state index in [1.807, 2.05) is 97.1 Å². The molecule has 0 atom stereocenters. The first kappa shape index (κ1) is 58.2. The summed E-state index contributed by atoms with van der Waals surface area (Å²) in [6.45, 7) is 8.85. The topological polar surface area (TPSA) is 145 Å². The molecule has 0 aliphatic heterocycles.